The van der Waals surface area contributed by atoms with Gasteiger partial charge in [-0.25, -0.2) is 0 Å². The average Bonchev–Trinajstić information content (AvgIpc) is 2.55. The Balaban J connectivity index is 2.15. The number of nitro groups is 2. The maximum Gasteiger partial charge on any atom is 0.317 e. The fraction of sp³-hybridized carbons (Fsp3) is 0.250. The Bertz CT molecular complexity index is 722. The Labute approximate surface area is 153 Å². The van der Waals surface area contributed by atoms with Gasteiger partial charge in [-0.05, 0) is 71.7 Å². The van der Waals surface area contributed by atoms with Crippen LogP contribution in [0.1, 0.15) is 25.0 Å². The van der Waals surface area contributed by atoms with Crippen molar-refractivity contribution in [2.75, 3.05) is 0 Å². The molecule has 0 aliphatic rings. The molecular weight excluding hydrogens is 371 g/mol. The van der Waals surface area contributed by atoms with Crippen LogP contribution in [0.3, 0.4) is 0 Å². The number of nitrogens with zero attached hydrogens (tertiary/aromatic N) is 2. The van der Waals surface area contributed by atoms with Crippen molar-refractivity contribution in [3.8, 4) is 11.5 Å². The summed E-state index contributed by atoms with van der Waals surface area (Å²) >= 11 is 11.8. The minimum Gasteiger partial charge on any atom is -0.457 e. The lowest BCUT2D eigenvalue weighted by Crippen LogP contribution is -2.24. The molecule has 0 saturated heterocycles. The number of alkyl halides is 2. The summed E-state index contributed by atoms with van der Waals surface area (Å²) in [5.74, 6) is 0.880. The van der Waals surface area contributed by atoms with Crippen molar-refractivity contribution in [2.24, 2.45) is 0 Å². The van der Waals surface area contributed by atoms with Crippen LogP contribution >= 0.6 is 23.2 Å². The van der Waals surface area contributed by atoms with E-state index in [1.165, 1.54) is 38.1 Å². The number of benzene rings is 2. The topological polar surface area (TPSA) is 95.5 Å². The fourth-order valence-corrected chi connectivity index (χ4v) is 2.25. The first kappa shape index (κ1) is 19.0. The third-order valence-corrected chi connectivity index (χ3v) is 4.40. The van der Waals surface area contributed by atoms with Crippen LogP contribution in [0.2, 0.25) is 0 Å². The SMILES string of the molecule is CC(Cl)(c1ccc(Oc2ccc(C(C)(Cl)[N+](=O)[O-])cc2)cc1)[N+](=O)[O-]. The first-order valence-corrected chi connectivity index (χ1v) is 7.86. The molecule has 0 heterocycles. The van der Waals surface area contributed by atoms with E-state index in [0.29, 0.717) is 22.6 Å². The van der Waals surface area contributed by atoms with E-state index >= 15 is 0 Å². The second kappa shape index (κ2) is 6.85. The number of rotatable bonds is 6. The van der Waals surface area contributed by atoms with Crippen LogP contribution in [-0.2, 0) is 10.00 Å². The molecule has 0 bridgehead atoms. The van der Waals surface area contributed by atoms with E-state index in [9.17, 15) is 20.2 Å². The van der Waals surface area contributed by atoms with Crippen molar-refractivity contribution in [1.82, 2.24) is 0 Å². The molecule has 0 aliphatic heterocycles. The number of ether oxygens (including phenoxy) is 1. The van der Waals surface area contributed by atoms with Crippen molar-refractivity contribution < 1.29 is 14.6 Å². The average molecular weight is 385 g/mol. The van der Waals surface area contributed by atoms with Gasteiger partial charge in [0.2, 0.25) is 0 Å². The third-order valence-electron chi connectivity index (χ3n) is 3.68. The zero-order valence-electron chi connectivity index (χ0n) is 13.3. The molecular formula is C16H14Cl2N2O5. The van der Waals surface area contributed by atoms with Gasteiger partial charge in [-0.15, -0.1) is 0 Å². The molecule has 0 saturated carbocycles. The highest BCUT2D eigenvalue weighted by Crippen LogP contribution is 2.33. The maximum absolute atomic E-state index is 10.9. The lowest BCUT2D eigenvalue weighted by atomic mass is 10.1. The lowest BCUT2D eigenvalue weighted by molar-refractivity contribution is -0.545. The molecule has 0 aliphatic carbocycles. The monoisotopic (exact) mass is 384 g/mol. The van der Waals surface area contributed by atoms with E-state index in [2.05, 4.69) is 0 Å². The molecule has 0 fully saturated rings. The van der Waals surface area contributed by atoms with Crippen LogP contribution in [-0.4, -0.2) is 9.85 Å². The van der Waals surface area contributed by atoms with Crippen molar-refractivity contribution >= 4 is 23.2 Å². The molecule has 0 N–H and O–H groups in total. The molecule has 7 nitrogen and oxygen atoms in total. The summed E-state index contributed by atoms with van der Waals surface area (Å²) in [6, 6.07) is 12.2. The van der Waals surface area contributed by atoms with E-state index in [1.807, 2.05) is 0 Å². The Morgan fingerprint density at radius 2 is 1.04 bits per heavy atom. The quantitative estimate of drug-likeness (QED) is 0.306. The van der Waals surface area contributed by atoms with Gasteiger partial charge < -0.3 is 4.74 Å². The zero-order valence-corrected chi connectivity index (χ0v) is 14.8. The molecule has 2 atom stereocenters. The third kappa shape index (κ3) is 4.00. The minimum absolute atomic E-state index is 0.325. The largest absolute Gasteiger partial charge is 0.457 e. The maximum atomic E-state index is 10.9. The van der Waals surface area contributed by atoms with Crippen LogP contribution in [0.5, 0.6) is 11.5 Å². The first-order valence-electron chi connectivity index (χ1n) is 7.11. The van der Waals surface area contributed by atoms with Crippen LogP contribution in [0, 0.1) is 20.2 Å². The van der Waals surface area contributed by atoms with Gasteiger partial charge in [-0.3, -0.25) is 20.2 Å². The Kier molecular flexibility index (Phi) is 5.20. The predicted molar refractivity (Wildman–Crippen MR) is 93.4 cm³/mol. The van der Waals surface area contributed by atoms with Gasteiger partial charge >= 0.3 is 10.00 Å². The second-order valence-corrected chi connectivity index (χ2v) is 7.04. The predicted octanol–water partition coefficient (Wildman–Crippen LogP) is 4.86. The summed E-state index contributed by atoms with van der Waals surface area (Å²) in [5, 5.41) is 21.9. The molecule has 2 unspecified atom stereocenters. The molecule has 0 radical (unpaired) electrons. The van der Waals surface area contributed by atoms with Crippen molar-refractivity contribution in [3.05, 3.63) is 79.9 Å². The Hall–Kier alpha value is -2.38. The highest BCUT2D eigenvalue weighted by Gasteiger charge is 2.37. The highest BCUT2D eigenvalue weighted by atomic mass is 35.5. The molecule has 0 aromatic heterocycles. The summed E-state index contributed by atoms with van der Waals surface area (Å²) < 4.78 is 5.61. The molecule has 2 aromatic rings. The summed E-state index contributed by atoms with van der Waals surface area (Å²) in [6.45, 7) is 2.59. The van der Waals surface area contributed by atoms with Gasteiger partial charge in [0, 0.05) is 34.8 Å². The van der Waals surface area contributed by atoms with Crippen LogP contribution in [0.4, 0.5) is 0 Å². The van der Waals surface area contributed by atoms with E-state index in [4.69, 9.17) is 27.9 Å². The lowest BCUT2D eigenvalue weighted by Gasteiger charge is -2.15. The van der Waals surface area contributed by atoms with Crippen LogP contribution in [0.15, 0.2) is 48.5 Å². The summed E-state index contributed by atoms with van der Waals surface area (Å²) in [6.07, 6.45) is 0. The van der Waals surface area contributed by atoms with Crippen molar-refractivity contribution in [3.63, 3.8) is 0 Å². The molecule has 9 heteroatoms. The van der Waals surface area contributed by atoms with Crippen molar-refractivity contribution in [2.45, 2.75) is 23.8 Å². The van der Waals surface area contributed by atoms with Gasteiger partial charge in [0.15, 0.2) is 0 Å². The van der Waals surface area contributed by atoms with Gasteiger partial charge in [-0.1, -0.05) is 0 Å². The summed E-state index contributed by atoms with van der Waals surface area (Å²) in [5.41, 5.74) is 0.650. The summed E-state index contributed by atoms with van der Waals surface area (Å²) in [7, 11) is 0. The Morgan fingerprint density at radius 1 is 0.760 bits per heavy atom. The normalized spacial score (nSPS) is 15.7. The number of hydrogen-bond acceptors (Lipinski definition) is 5. The van der Waals surface area contributed by atoms with E-state index in [1.54, 1.807) is 24.3 Å². The molecule has 2 rings (SSSR count). The van der Waals surface area contributed by atoms with Gasteiger partial charge in [-0.2, -0.15) is 0 Å². The zero-order chi connectivity index (χ0) is 18.8. The van der Waals surface area contributed by atoms with Gasteiger partial charge in [0.1, 0.15) is 11.5 Å². The van der Waals surface area contributed by atoms with E-state index in [0.717, 1.165) is 0 Å². The van der Waals surface area contributed by atoms with E-state index in [-0.39, 0.29) is 0 Å². The van der Waals surface area contributed by atoms with Crippen molar-refractivity contribution in [1.29, 1.82) is 0 Å². The summed E-state index contributed by atoms with van der Waals surface area (Å²) in [4.78, 5) is 17.3. The van der Waals surface area contributed by atoms with Crippen LogP contribution in [0.25, 0.3) is 0 Å². The van der Waals surface area contributed by atoms with E-state index < -0.39 is 19.8 Å². The highest BCUT2D eigenvalue weighted by molar-refractivity contribution is 6.22. The number of halogens is 2. The first-order chi connectivity index (χ1) is 11.5. The Morgan fingerprint density at radius 3 is 1.28 bits per heavy atom. The second-order valence-electron chi connectivity index (χ2n) is 5.57. The molecule has 0 amide bonds. The van der Waals surface area contributed by atoms with Gasteiger partial charge in [0.25, 0.3) is 0 Å². The molecule has 132 valence electrons. The number of hydrogen-bond donors (Lipinski definition) is 0. The standard InChI is InChI=1S/C16H14Cl2N2O5/c1-15(17,19(21)22)11-3-7-13(8-4-11)25-14-9-5-12(6-10-14)16(2,18)20(23)24/h3-10H,1-2H3. The molecule has 25 heavy (non-hydrogen) atoms. The molecule has 0 spiro atoms. The fourth-order valence-electron chi connectivity index (χ4n) is 2.00. The smallest absolute Gasteiger partial charge is 0.317 e. The van der Waals surface area contributed by atoms with Crippen LogP contribution < -0.4 is 4.74 Å². The van der Waals surface area contributed by atoms with Gasteiger partial charge in [0.05, 0.1) is 0 Å². The molecule has 2 aromatic carbocycles. The minimum atomic E-state index is -1.71.